The molecule has 3 aromatic rings. The summed E-state index contributed by atoms with van der Waals surface area (Å²) in [5.74, 6) is -1.46. The van der Waals surface area contributed by atoms with Gasteiger partial charge in [0.1, 0.15) is 0 Å². The summed E-state index contributed by atoms with van der Waals surface area (Å²) in [6.45, 7) is 7.80. The quantitative estimate of drug-likeness (QED) is 0.166. The number of nitrogens with one attached hydrogen (secondary N) is 3. The van der Waals surface area contributed by atoms with Gasteiger partial charge in [0.2, 0.25) is 0 Å². The van der Waals surface area contributed by atoms with E-state index in [2.05, 4.69) is 37.1 Å². The first-order valence-corrected chi connectivity index (χ1v) is 13.1. The second kappa shape index (κ2) is 13.8. The van der Waals surface area contributed by atoms with E-state index < -0.39 is 11.8 Å². The molecule has 11 heteroatoms. The zero-order valence-corrected chi connectivity index (χ0v) is 24.2. The highest BCUT2D eigenvalue weighted by atomic mass is 79.9. The van der Waals surface area contributed by atoms with Crippen LogP contribution in [-0.2, 0) is 14.4 Å². The number of benzene rings is 3. The standard InChI is InChI=1S/C28H28BrClN4O5/c1-5-38-23-12-19(14-31-34-28(37)27(36)32-21-8-6-7-20(30)13-21)11-22(29)26(23)39-15-24(35)33-25-17(3)9-16(2)10-18(25)4/h6-14H,5,15H2,1-4H3,(H,32,36)(H,33,35)(H,34,37)/b31-14-. The molecule has 3 N–H and O–H groups in total. The van der Waals surface area contributed by atoms with Crippen molar-refractivity contribution in [2.75, 3.05) is 23.8 Å². The highest BCUT2D eigenvalue weighted by molar-refractivity contribution is 9.10. The molecule has 0 radical (unpaired) electrons. The SMILES string of the molecule is CCOc1cc(/C=N\NC(=O)C(=O)Nc2cccc(Cl)c2)cc(Br)c1OCC(=O)Nc1c(C)cc(C)cc1C. The summed E-state index contributed by atoms with van der Waals surface area (Å²) in [5.41, 5.74) is 6.91. The first-order chi connectivity index (χ1) is 18.6. The molecule has 0 unspecified atom stereocenters. The van der Waals surface area contributed by atoms with Gasteiger partial charge < -0.3 is 20.1 Å². The normalized spacial score (nSPS) is 10.7. The third-order valence-electron chi connectivity index (χ3n) is 5.29. The van der Waals surface area contributed by atoms with Crippen molar-refractivity contribution in [3.05, 3.63) is 80.3 Å². The van der Waals surface area contributed by atoms with Gasteiger partial charge in [-0.25, -0.2) is 5.43 Å². The topological polar surface area (TPSA) is 118 Å². The van der Waals surface area contributed by atoms with Gasteiger partial charge in [-0.2, -0.15) is 5.10 Å². The average Bonchev–Trinajstić information content (AvgIpc) is 2.86. The van der Waals surface area contributed by atoms with Crippen molar-refractivity contribution in [3.8, 4) is 11.5 Å². The maximum atomic E-state index is 12.6. The molecular weight excluding hydrogens is 588 g/mol. The Morgan fingerprint density at radius 2 is 1.69 bits per heavy atom. The summed E-state index contributed by atoms with van der Waals surface area (Å²) in [4.78, 5) is 36.8. The Kier molecular flexibility index (Phi) is 10.5. The van der Waals surface area contributed by atoms with E-state index in [0.717, 1.165) is 22.4 Å². The van der Waals surface area contributed by atoms with Crippen LogP contribution in [0.25, 0.3) is 0 Å². The lowest BCUT2D eigenvalue weighted by molar-refractivity contribution is -0.136. The predicted molar refractivity (Wildman–Crippen MR) is 156 cm³/mol. The molecule has 39 heavy (non-hydrogen) atoms. The number of halogens is 2. The Hall–Kier alpha value is -3.89. The van der Waals surface area contributed by atoms with E-state index in [4.69, 9.17) is 21.1 Å². The number of carbonyl (C=O) groups excluding carboxylic acids is 3. The predicted octanol–water partition coefficient (Wildman–Crippen LogP) is 5.53. The first-order valence-electron chi connectivity index (χ1n) is 11.9. The van der Waals surface area contributed by atoms with Crippen molar-refractivity contribution in [1.29, 1.82) is 0 Å². The van der Waals surface area contributed by atoms with Gasteiger partial charge in [-0.3, -0.25) is 14.4 Å². The highest BCUT2D eigenvalue weighted by Gasteiger charge is 2.16. The van der Waals surface area contributed by atoms with Crippen LogP contribution in [0.2, 0.25) is 5.02 Å². The minimum absolute atomic E-state index is 0.239. The maximum Gasteiger partial charge on any atom is 0.329 e. The van der Waals surface area contributed by atoms with Crippen molar-refractivity contribution >= 4 is 62.8 Å². The van der Waals surface area contributed by atoms with Gasteiger partial charge in [0.05, 0.1) is 17.3 Å². The summed E-state index contributed by atoms with van der Waals surface area (Å²) in [5, 5.41) is 9.60. The summed E-state index contributed by atoms with van der Waals surface area (Å²) >= 11 is 9.33. The number of rotatable bonds is 9. The molecule has 3 rings (SSSR count). The lowest BCUT2D eigenvalue weighted by atomic mass is 10.1. The Labute approximate surface area is 240 Å². The van der Waals surface area contributed by atoms with Crippen molar-refractivity contribution in [1.82, 2.24) is 5.43 Å². The van der Waals surface area contributed by atoms with Crippen LogP contribution in [0.5, 0.6) is 11.5 Å². The number of hydrazone groups is 1. The first kappa shape index (κ1) is 29.7. The maximum absolute atomic E-state index is 12.6. The molecular formula is C28H28BrClN4O5. The largest absolute Gasteiger partial charge is 0.490 e. The van der Waals surface area contributed by atoms with Crippen LogP contribution in [0.15, 0.2) is 58.1 Å². The molecule has 0 bridgehead atoms. The molecule has 0 fully saturated rings. The smallest absolute Gasteiger partial charge is 0.329 e. The minimum Gasteiger partial charge on any atom is -0.490 e. The lowest BCUT2D eigenvalue weighted by Gasteiger charge is -2.16. The molecule has 0 heterocycles. The molecule has 0 aromatic heterocycles. The fourth-order valence-electron chi connectivity index (χ4n) is 3.73. The summed E-state index contributed by atoms with van der Waals surface area (Å²) < 4.78 is 12.0. The molecule has 0 saturated heterocycles. The minimum atomic E-state index is -0.958. The van der Waals surface area contributed by atoms with Crippen LogP contribution < -0.4 is 25.5 Å². The summed E-state index contributed by atoms with van der Waals surface area (Å²) in [6.07, 6.45) is 1.34. The van der Waals surface area contributed by atoms with Crippen LogP contribution in [0, 0.1) is 20.8 Å². The number of hydrogen-bond acceptors (Lipinski definition) is 6. The highest BCUT2D eigenvalue weighted by Crippen LogP contribution is 2.36. The Balaban J connectivity index is 1.64. The van der Waals surface area contributed by atoms with E-state index in [1.807, 2.05) is 39.8 Å². The Morgan fingerprint density at radius 1 is 0.974 bits per heavy atom. The van der Waals surface area contributed by atoms with E-state index in [9.17, 15) is 14.4 Å². The Morgan fingerprint density at radius 3 is 2.36 bits per heavy atom. The second-order valence-corrected chi connectivity index (χ2v) is 9.83. The van der Waals surface area contributed by atoms with Gasteiger partial charge in [0.15, 0.2) is 18.1 Å². The van der Waals surface area contributed by atoms with Crippen LogP contribution >= 0.6 is 27.5 Å². The van der Waals surface area contributed by atoms with Crippen LogP contribution in [0.4, 0.5) is 11.4 Å². The van der Waals surface area contributed by atoms with Gasteiger partial charge in [0, 0.05) is 16.4 Å². The van der Waals surface area contributed by atoms with Crippen LogP contribution in [0.3, 0.4) is 0 Å². The van der Waals surface area contributed by atoms with E-state index in [1.54, 1.807) is 30.3 Å². The average molecular weight is 616 g/mol. The molecule has 0 aliphatic carbocycles. The summed E-state index contributed by atoms with van der Waals surface area (Å²) in [6, 6.07) is 13.7. The van der Waals surface area contributed by atoms with E-state index in [0.29, 0.717) is 38.9 Å². The van der Waals surface area contributed by atoms with Gasteiger partial charge in [0.25, 0.3) is 5.91 Å². The molecule has 0 saturated carbocycles. The van der Waals surface area contributed by atoms with E-state index in [1.165, 1.54) is 12.3 Å². The lowest BCUT2D eigenvalue weighted by Crippen LogP contribution is -2.32. The number of carbonyl (C=O) groups is 3. The Bertz CT molecular complexity index is 1400. The van der Waals surface area contributed by atoms with Crippen molar-refractivity contribution in [2.24, 2.45) is 5.10 Å². The van der Waals surface area contributed by atoms with Crippen molar-refractivity contribution in [2.45, 2.75) is 27.7 Å². The zero-order chi connectivity index (χ0) is 28.5. The number of nitrogens with zero attached hydrogens (tertiary/aromatic N) is 1. The van der Waals surface area contributed by atoms with Gasteiger partial charge in [-0.15, -0.1) is 0 Å². The van der Waals surface area contributed by atoms with Crippen LogP contribution in [-0.4, -0.2) is 37.1 Å². The molecule has 0 aliphatic rings. The molecule has 9 nitrogen and oxygen atoms in total. The molecule has 0 aliphatic heterocycles. The number of amides is 3. The van der Waals surface area contributed by atoms with Crippen LogP contribution in [0.1, 0.15) is 29.2 Å². The van der Waals surface area contributed by atoms with Gasteiger partial charge in [-0.1, -0.05) is 35.4 Å². The third-order valence-corrected chi connectivity index (χ3v) is 6.11. The molecule has 3 amide bonds. The molecule has 0 atom stereocenters. The number of anilines is 2. The molecule has 3 aromatic carbocycles. The van der Waals surface area contributed by atoms with Gasteiger partial charge in [-0.05, 0) is 90.6 Å². The second-order valence-electron chi connectivity index (χ2n) is 8.54. The fourth-order valence-corrected chi connectivity index (χ4v) is 4.49. The van der Waals surface area contributed by atoms with E-state index in [-0.39, 0.29) is 12.5 Å². The van der Waals surface area contributed by atoms with Crippen molar-refractivity contribution in [3.63, 3.8) is 0 Å². The fraction of sp³-hybridized carbons (Fsp3) is 0.214. The number of aryl methyl sites for hydroxylation is 3. The zero-order valence-electron chi connectivity index (χ0n) is 21.9. The van der Waals surface area contributed by atoms with Gasteiger partial charge >= 0.3 is 11.8 Å². The summed E-state index contributed by atoms with van der Waals surface area (Å²) in [7, 11) is 0. The monoisotopic (exact) mass is 614 g/mol. The third kappa shape index (κ3) is 8.56. The molecule has 204 valence electrons. The van der Waals surface area contributed by atoms with Crippen molar-refractivity contribution < 1.29 is 23.9 Å². The van der Waals surface area contributed by atoms with E-state index >= 15 is 0 Å². The number of hydrogen-bond donors (Lipinski definition) is 3. The molecule has 0 spiro atoms. The number of ether oxygens (including phenoxy) is 2.